The lowest BCUT2D eigenvalue weighted by molar-refractivity contribution is -0.118. The highest BCUT2D eigenvalue weighted by molar-refractivity contribution is 5.74. The van der Waals surface area contributed by atoms with E-state index in [0.717, 1.165) is 6.42 Å². The van der Waals surface area contributed by atoms with Crippen LogP contribution in [0.25, 0.3) is 0 Å². The summed E-state index contributed by atoms with van der Waals surface area (Å²) in [5.41, 5.74) is 5.17. The molecule has 90 valence electrons. The van der Waals surface area contributed by atoms with Gasteiger partial charge in [0, 0.05) is 18.5 Å². The molecular weight excluding hydrogens is 188 g/mol. The van der Waals surface area contributed by atoms with Crippen LogP contribution in [0.5, 0.6) is 0 Å². The molecule has 0 heterocycles. The van der Waals surface area contributed by atoms with E-state index in [9.17, 15) is 4.79 Å². The number of hydrogen-bond donors (Lipinski definition) is 2. The zero-order valence-corrected chi connectivity index (χ0v) is 10.5. The van der Waals surface area contributed by atoms with Crippen LogP contribution in [0, 0.1) is 5.92 Å². The molecule has 0 radical (unpaired) electrons. The Balaban J connectivity index is 4.01. The number of rotatable bonds is 8. The van der Waals surface area contributed by atoms with Crippen molar-refractivity contribution in [2.45, 2.75) is 65.5 Å². The van der Waals surface area contributed by atoms with Gasteiger partial charge in [0.15, 0.2) is 0 Å². The summed E-state index contributed by atoms with van der Waals surface area (Å²) in [5, 5.41) is 3.48. The molecule has 0 aliphatic rings. The topological polar surface area (TPSA) is 55.1 Å². The van der Waals surface area contributed by atoms with Crippen molar-refractivity contribution in [2.24, 2.45) is 11.7 Å². The highest BCUT2D eigenvalue weighted by atomic mass is 16.1. The van der Waals surface area contributed by atoms with E-state index in [2.05, 4.69) is 26.1 Å². The van der Waals surface area contributed by atoms with Gasteiger partial charge in [-0.1, -0.05) is 27.2 Å². The minimum absolute atomic E-state index is 0.187. The second-order valence-electron chi connectivity index (χ2n) is 4.52. The van der Waals surface area contributed by atoms with Gasteiger partial charge in [0.1, 0.15) is 0 Å². The maximum Gasteiger partial charge on any atom is 0.218 e. The van der Waals surface area contributed by atoms with Gasteiger partial charge in [-0.15, -0.1) is 0 Å². The van der Waals surface area contributed by atoms with Crippen LogP contribution in [0.2, 0.25) is 0 Å². The first-order chi connectivity index (χ1) is 7.01. The Kier molecular flexibility index (Phi) is 7.39. The average Bonchev–Trinajstić information content (AvgIpc) is 2.13. The fourth-order valence-electron chi connectivity index (χ4n) is 2.07. The summed E-state index contributed by atoms with van der Waals surface area (Å²) in [5.74, 6) is 0.434. The van der Waals surface area contributed by atoms with Crippen molar-refractivity contribution in [3.63, 3.8) is 0 Å². The number of nitrogens with one attached hydrogen (secondary N) is 1. The molecule has 0 aromatic rings. The Morgan fingerprint density at radius 2 is 1.93 bits per heavy atom. The summed E-state index contributed by atoms with van der Waals surface area (Å²) in [6, 6.07) is 0.686. The number of carbonyl (C=O) groups is 1. The smallest absolute Gasteiger partial charge is 0.218 e. The third-order valence-corrected chi connectivity index (χ3v) is 2.88. The van der Waals surface area contributed by atoms with Gasteiger partial charge in [0.25, 0.3) is 0 Å². The van der Waals surface area contributed by atoms with Crippen LogP contribution >= 0.6 is 0 Å². The van der Waals surface area contributed by atoms with Crippen molar-refractivity contribution in [1.29, 1.82) is 0 Å². The van der Waals surface area contributed by atoms with Gasteiger partial charge in [-0.2, -0.15) is 0 Å². The van der Waals surface area contributed by atoms with E-state index in [1.165, 1.54) is 12.8 Å². The molecule has 3 N–H and O–H groups in total. The van der Waals surface area contributed by atoms with Gasteiger partial charge in [-0.25, -0.2) is 0 Å². The lowest BCUT2D eigenvalue weighted by atomic mass is 9.94. The maximum atomic E-state index is 10.8. The third-order valence-electron chi connectivity index (χ3n) is 2.88. The number of carbonyl (C=O) groups excluding carboxylic acids is 1. The summed E-state index contributed by atoms with van der Waals surface area (Å²) < 4.78 is 0. The molecule has 0 aromatic heterocycles. The number of amides is 1. The van der Waals surface area contributed by atoms with Gasteiger partial charge in [-0.05, 0) is 25.7 Å². The Bertz CT molecular complexity index is 182. The first-order valence-electron chi connectivity index (χ1n) is 6.05. The van der Waals surface area contributed by atoms with Gasteiger partial charge < -0.3 is 11.1 Å². The quantitative estimate of drug-likeness (QED) is 0.650. The van der Waals surface area contributed by atoms with E-state index >= 15 is 0 Å². The Morgan fingerprint density at radius 1 is 1.33 bits per heavy atom. The van der Waals surface area contributed by atoms with Crippen molar-refractivity contribution in [3.8, 4) is 0 Å². The van der Waals surface area contributed by atoms with E-state index in [4.69, 9.17) is 5.73 Å². The number of primary amides is 1. The van der Waals surface area contributed by atoms with Crippen LogP contribution in [0.15, 0.2) is 0 Å². The van der Waals surface area contributed by atoms with Crippen LogP contribution in [-0.2, 0) is 4.79 Å². The molecule has 0 aliphatic carbocycles. The highest BCUT2D eigenvalue weighted by Gasteiger charge is 2.17. The van der Waals surface area contributed by atoms with Crippen LogP contribution in [0.3, 0.4) is 0 Å². The summed E-state index contributed by atoms with van der Waals surface area (Å²) in [7, 11) is 0. The molecule has 3 unspecified atom stereocenters. The van der Waals surface area contributed by atoms with Crippen molar-refractivity contribution in [3.05, 3.63) is 0 Å². The summed E-state index contributed by atoms with van der Waals surface area (Å²) in [4.78, 5) is 10.8. The van der Waals surface area contributed by atoms with Crippen LogP contribution in [0.1, 0.15) is 53.4 Å². The summed E-state index contributed by atoms with van der Waals surface area (Å²) in [6.07, 6.45) is 3.97. The third kappa shape index (κ3) is 6.50. The minimum Gasteiger partial charge on any atom is -0.370 e. The van der Waals surface area contributed by atoms with E-state index in [0.29, 0.717) is 18.4 Å². The van der Waals surface area contributed by atoms with E-state index < -0.39 is 0 Å². The molecule has 3 nitrogen and oxygen atoms in total. The van der Waals surface area contributed by atoms with Gasteiger partial charge >= 0.3 is 0 Å². The first-order valence-corrected chi connectivity index (χ1v) is 6.05. The maximum absolute atomic E-state index is 10.8. The second-order valence-corrected chi connectivity index (χ2v) is 4.52. The molecule has 0 bridgehead atoms. The van der Waals surface area contributed by atoms with E-state index in [1.54, 1.807) is 0 Å². The molecule has 0 spiro atoms. The molecule has 1 amide bonds. The molecular formula is C12H26N2O. The van der Waals surface area contributed by atoms with E-state index in [1.807, 2.05) is 6.92 Å². The van der Waals surface area contributed by atoms with Crippen molar-refractivity contribution in [2.75, 3.05) is 0 Å². The minimum atomic E-state index is -0.229. The molecule has 0 saturated heterocycles. The molecule has 15 heavy (non-hydrogen) atoms. The zero-order valence-electron chi connectivity index (χ0n) is 10.5. The summed E-state index contributed by atoms with van der Waals surface area (Å²) >= 11 is 0. The molecule has 0 fully saturated rings. The molecule has 3 atom stereocenters. The predicted molar refractivity (Wildman–Crippen MR) is 64.6 cm³/mol. The van der Waals surface area contributed by atoms with E-state index in [-0.39, 0.29) is 11.9 Å². The van der Waals surface area contributed by atoms with Gasteiger partial charge in [0.05, 0.1) is 0 Å². The van der Waals surface area contributed by atoms with Gasteiger partial charge in [-0.3, -0.25) is 4.79 Å². The predicted octanol–water partition coefficient (Wildman–Crippen LogP) is 2.05. The van der Waals surface area contributed by atoms with Crippen molar-refractivity contribution < 1.29 is 4.79 Å². The summed E-state index contributed by atoms with van der Waals surface area (Å²) in [6.45, 7) is 8.67. The fourth-order valence-corrected chi connectivity index (χ4v) is 2.07. The normalized spacial score (nSPS) is 17.1. The Hall–Kier alpha value is -0.570. The Labute approximate surface area is 93.8 Å². The lowest BCUT2D eigenvalue weighted by Gasteiger charge is -2.27. The Morgan fingerprint density at radius 3 is 2.33 bits per heavy atom. The molecule has 0 aliphatic heterocycles. The standard InChI is InChI=1S/C12H26N2O/c1-5-7-9(3)11(6-2)14-10(4)8-12(13)15/h9-11,14H,5-8H2,1-4H3,(H2,13,15). The molecule has 3 heteroatoms. The first kappa shape index (κ1) is 14.4. The lowest BCUT2D eigenvalue weighted by Crippen LogP contribution is -2.42. The monoisotopic (exact) mass is 214 g/mol. The van der Waals surface area contributed by atoms with Crippen LogP contribution in [-0.4, -0.2) is 18.0 Å². The van der Waals surface area contributed by atoms with Crippen LogP contribution in [0.4, 0.5) is 0 Å². The van der Waals surface area contributed by atoms with Crippen LogP contribution < -0.4 is 11.1 Å². The average molecular weight is 214 g/mol. The SMILES string of the molecule is CCCC(C)C(CC)NC(C)CC(N)=O. The van der Waals surface area contributed by atoms with Crippen molar-refractivity contribution >= 4 is 5.91 Å². The molecule has 0 rings (SSSR count). The molecule has 0 saturated carbocycles. The number of hydrogen-bond acceptors (Lipinski definition) is 2. The second kappa shape index (κ2) is 7.69. The number of nitrogens with two attached hydrogens (primary N) is 1. The fraction of sp³-hybridized carbons (Fsp3) is 0.917. The largest absolute Gasteiger partial charge is 0.370 e. The van der Waals surface area contributed by atoms with Gasteiger partial charge in [0.2, 0.25) is 5.91 Å². The van der Waals surface area contributed by atoms with Crippen molar-refractivity contribution in [1.82, 2.24) is 5.32 Å². The molecule has 0 aromatic carbocycles. The zero-order chi connectivity index (χ0) is 11.8. The highest BCUT2D eigenvalue weighted by Crippen LogP contribution is 2.14.